The number of hydrogen-bond donors (Lipinski definition) is 8. The topological polar surface area (TPSA) is 202 Å². The van der Waals surface area contributed by atoms with Crippen LogP contribution in [0.15, 0.2) is 133 Å². The summed E-state index contributed by atoms with van der Waals surface area (Å²) in [6.45, 7) is 65.1. The average molecular weight is 1760 g/mol. The van der Waals surface area contributed by atoms with Gasteiger partial charge in [-0.05, 0) is 221 Å². The Morgan fingerprint density at radius 1 is 0.192 bits per heavy atom. The summed E-state index contributed by atoms with van der Waals surface area (Å²) in [5.74, 6) is 2.42. The Balaban J connectivity index is 1.01. The Morgan fingerprint density at radius 3 is 0.423 bits per heavy atom. The highest BCUT2D eigenvalue weighted by atomic mass is 16.5. The smallest absolute Gasteiger partial charge is 0.130 e. The van der Waals surface area contributed by atoms with Gasteiger partial charge in [0.25, 0.3) is 0 Å². The van der Waals surface area contributed by atoms with E-state index in [4.69, 9.17) is 19.2 Å². The molecule has 130 heavy (non-hydrogen) atoms. The van der Waals surface area contributed by atoms with Crippen LogP contribution < -0.4 is 14.2 Å². The van der Waals surface area contributed by atoms with Crippen LogP contribution in [0.5, 0.6) is 63.2 Å². The number of ether oxygens (including phenoxy) is 3. The number of methoxy groups -OCH3 is 1. The number of pyridine rings is 1. The number of hydrogen-bond acceptors (Lipinski definition) is 12. The van der Waals surface area contributed by atoms with Crippen molar-refractivity contribution in [2.45, 2.75) is 339 Å². The zero-order valence-electron chi connectivity index (χ0n) is 83.9. The van der Waals surface area contributed by atoms with Gasteiger partial charge in [0.05, 0.1) is 18.5 Å². The summed E-state index contributed by atoms with van der Waals surface area (Å²) in [5, 5.41) is 105. The lowest BCUT2D eigenvalue weighted by Crippen LogP contribution is -2.16. The molecule has 11 aromatic rings. The maximum Gasteiger partial charge on any atom is 0.130 e. The number of phenols is 8. The molecule has 2 aliphatic rings. The summed E-state index contributed by atoms with van der Waals surface area (Å²) in [4.78, 5) is 5.46. The molecule has 10 aromatic carbocycles. The lowest BCUT2D eigenvalue weighted by Gasteiger charge is -2.27. The second-order valence-corrected chi connectivity index (χ2v) is 48.2. The molecule has 20 bridgehead atoms. The maximum absolute atomic E-state index is 13.3. The lowest BCUT2D eigenvalue weighted by molar-refractivity contribution is 0.282. The van der Waals surface area contributed by atoms with E-state index in [2.05, 4.69) is 329 Å². The monoisotopic (exact) mass is 1750 g/mol. The molecular formula is C118H147NO11. The van der Waals surface area contributed by atoms with Crippen molar-refractivity contribution >= 4 is 0 Å². The standard InChI is InChI=1S/C118H147NO11/c1-109(2,3)86-42-66-32-67-43-87(110(4,5)6)47-71(100(67)121)35-75-51-91(114(16,17)18)55-79(104(75)125)39-83-59-94(117(25,26)27)58-82(38-78-54-90(113(13,14)15)50-74(103(78)124)34-70(46-86)99(66)120)107(83)129-64-96-62-98(128-31)63-97(119-96)65-130-108-84-40-80-56-92(115(19,20)21)52-76(105(80)126)36-72-48-88(111(7,8)9)44-68(101(72)122)33-69-45-89(112(10,11)12)49-73(102(69)123)37-77-53-93(116(22,23)24)57-81(106(77)127)41-85(108)61-95(60-84)118(28,29)30/h42-63,120-127H,32-41,64-65H2,1-31H3. The highest BCUT2D eigenvalue weighted by molar-refractivity contribution is 5.64. The molecule has 2 aliphatic carbocycles. The van der Waals surface area contributed by atoms with Gasteiger partial charge in [0.2, 0.25) is 0 Å². The number of aromatic hydroxyl groups is 8. The third-order valence-corrected chi connectivity index (χ3v) is 27.0. The molecule has 0 spiro atoms. The number of benzene rings is 10. The fourth-order valence-corrected chi connectivity index (χ4v) is 18.2. The molecule has 0 atom stereocenters. The maximum atomic E-state index is 13.3. The van der Waals surface area contributed by atoms with Crippen LogP contribution in [0.3, 0.4) is 0 Å². The average Bonchev–Trinajstić information content (AvgIpc) is 0.780. The van der Waals surface area contributed by atoms with E-state index in [1.165, 1.54) is 0 Å². The number of phenolic OH excluding ortho intramolecular Hbond substituents is 8. The van der Waals surface area contributed by atoms with Crippen molar-refractivity contribution in [2.75, 3.05) is 7.11 Å². The van der Waals surface area contributed by atoms with Gasteiger partial charge in [0.1, 0.15) is 76.5 Å². The number of rotatable bonds is 7. The Morgan fingerprint density at radius 2 is 0.308 bits per heavy atom. The van der Waals surface area contributed by atoms with Gasteiger partial charge in [0, 0.05) is 76.3 Å². The molecule has 13 rings (SSSR count). The second kappa shape index (κ2) is 34.7. The highest BCUT2D eigenvalue weighted by Crippen LogP contribution is 2.50. The van der Waals surface area contributed by atoms with Gasteiger partial charge < -0.3 is 55.1 Å². The first-order valence-corrected chi connectivity index (χ1v) is 46.8. The van der Waals surface area contributed by atoms with E-state index in [1.54, 1.807) is 7.11 Å². The third-order valence-electron chi connectivity index (χ3n) is 27.0. The van der Waals surface area contributed by atoms with Gasteiger partial charge in [-0.2, -0.15) is 0 Å². The first kappa shape index (κ1) is 96.7. The van der Waals surface area contributed by atoms with Crippen molar-refractivity contribution < 1.29 is 55.1 Å². The Labute approximate surface area is 776 Å². The summed E-state index contributed by atoms with van der Waals surface area (Å²) in [6, 6.07) is 45.9. The minimum Gasteiger partial charge on any atom is -0.507 e. The molecule has 1 aromatic heterocycles. The van der Waals surface area contributed by atoms with Crippen LogP contribution in [0.2, 0.25) is 0 Å². The lowest BCUT2D eigenvalue weighted by atomic mass is 9.79. The van der Waals surface area contributed by atoms with E-state index >= 15 is 0 Å². The highest BCUT2D eigenvalue weighted by Gasteiger charge is 2.35. The molecule has 0 saturated heterocycles. The summed E-state index contributed by atoms with van der Waals surface area (Å²) in [6.07, 6.45) is 2.19. The third kappa shape index (κ3) is 21.2. The van der Waals surface area contributed by atoms with E-state index < -0.39 is 32.5 Å². The second-order valence-electron chi connectivity index (χ2n) is 48.2. The van der Waals surface area contributed by atoms with Crippen LogP contribution in [-0.4, -0.2) is 52.9 Å². The van der Waals surface area contributed by atoms with E-state index in [0.717, 1.165) is 77.9 Å². The molecule has 12 nitrogen and oxygen atoms in total. The quantitative estimate of drug-likeness (QED) is 0.0751. The first-order valence-electron chi connectivity index (χ1n) is 46.8. The van der Waals surface area contributed by atoms with Crippen molar-refractivity contribution in [2.24, 2.45) is 0 Å². The summed E-state index contributed by atoms with van der Waals surface area (Å²) >= 11 is 0. The molecule has 0 saturated carbocycles. The molecule has 0 radical (unpaired) electrons. The summed E-state index contributed by atoms with van der Waals surface area (Å²) < 4.78 is 21.4. The summed E-state index contributed by atoms with van der Waals surface area (Å²) in [7, 11) is 1.63. The predicted octanol–water partition coefficient (Wildman–Crippen LogP) is 27.4. The van der Waals surface area contributed by atoms with Crippen LogP contribution in [0.25, 0.3) is 0 Å². The molecule has 0 amide bonds. The van der Waals surface area contributed by atoms with Crippen LogP contribution >= 0.6 is 0 Å². The molecule has 8 N–H and O–H groups in total. The Hall–Kier alpha value is -10.9. The number of nitrogens with zero attached hydrogens (tertiary/aromatic N) is 1. The number of aromatic nitrogens is 1. The van der Waals surface area contributed by atoms with Crippen molar-refractivity contribution in [3.63, 3.8) is 0 Å². The van der Waals surface area contributed by atoms with Gasteiger partial charge >= 0.3 is 0 Å². The fraction of sp³-hybridized carbons (Fsp3) is 0.449. The largest absolute Gasteiger partial charge is 0.507 e. The van der Waals surface area contributed by atoms with Crippen LogP contribution in [0, 0.1) is 0 Å². The van der Waals surface area contributed by atoms with E-state index in [-0.39, 0.29) is 145 Å². The SMILES string of the molecule is COc1cc(COc2c3cc(C(C)(C)C)cc2Cc2cc(C(C)(C)C)cc(c2O)Cc2cc(C(C)(C)C)cc(c2O)Cc2cc(C(C)(C)C)cc(c2O)Cc2cc(C(C)(C)C)cc(c2O)C3)nc(COc2c3cc(C(C)(C)C)cc2Cc2cc(C(C)(C)C)cc(c2O)Cc2cc(C(C)(C)C)cc(c2O)Cc2cc(C(C)(C)C)cc(c2O)Cc2cc(C(C)(C)C)cc(c2O)C3)c1. The molecule has 12 heteroatoms. The normalized spacial score (nSPS) is 14.1. The van der Waals surface area contributed by atoms with Gasteiger partial charge in [-0.1, -0.05) is 329 Å². The van der Waals surface area contributed by atoms with E-state index in [9.17, 15) is 40.9 Å². The molecule has 690 valence electrons. The van der Waals surface area contributed by atoms with Crippen molar-refractivity contribution in [3.05, 3.63) is 312 Å². The van der Waals surface area contributed by atoms with Gasteiger partial charge in [-0.3, -0.25) is 4.98 Å². The zero-order valence-corrected chi connectivity index (χ0v) is 83.9. The minimum absolute atomic E-state index is 0.0670. The van der Waals surface area contributed by atoms with Crippen molar-refractivity contribution in [3.8, 4) is 63.2 Å². The molecule has 0 aliphatic heterocycles. The van der Waals surface area contributed by atoms with Crippen molar-refractivity contribution in [1.82, 2.24) is 4.98 Å². The van der Waals surface area contributed by atoms with E-state index in [0.29, 0.717) is 118 Å². The molecular weight excluding hydrogens is 1610 g/mol. The number of fused-ring (bicyclic) bond motifs is 20. The van der Waals surface area contributed by atoms with Crippen LogP contribution in [0.1, 0.15) is 386 Å². The predicted molar refractivity (Wildman–Crippen MR) is 532 cm³/mol. The Kier molecular flexibility index (Phi) is 25.8. The fourth-order valence-electron chi connectivity index (χ4n) is 18.2. The first-order chi connectivity index (χ1) is 59.9. The molecule has 1 heterocycles. The Bertz CT molecular complexity index is 5520. The van der Waals surface area contributed by atoms with Gasteiger partial charge in [-0.25, -0.2) is 0 Å². The molecule has 0 fully saturated rings. The van der Waals surface area contributed by atoms with E-state index in [1.807, 2.05) is 12.1 Å². The minimum atomic E-state index is -0.415. The zero-order chi connectivity index (χ0) is 95.7. The van der Waals surface area contributed by atoms with Gasteiger partial charge in [0.15, 0.2) is 0 Å². The summed E-state index contributed by atoms with van der Waals surface area (Å²) in [5.41, 5.74) is 21.0. The van der Waals surface area contributed by atoms with Crippen molar-refractivity contribution in [1.29, 1.82) is 0 Å². The van der Waals surface area contributed by atoms with Gasteiger partial charge in [-0.15, -0.1) is 0 Å². The van der Waals surface area contributed by atoms with Crippen LogP contribution in [-0.2, 0) is 132 Å². The molecule has 0 unspecified atom stereocenters. The van der Waals surface area contributed by atoms with Crippen LogP contribution in [0.4, 0.5) is 0 Å².